The first-order chi connectivity index (χ1) is 12.0. The molecule has 3 rings (SSSR count). The van der Waals surface area contributed by atoms with E-state index < -0.39 is 35.6 Å². The molecule has 2 saturated heterocycles. The lowest BCUT2D eigenvalue weighted by molar-refractivity contribution is -0.151. The summed E-state index contributed by atoms with van der Waals surface area (Å²) in [5, 5.41) is 2.19. The van der Waals surface area contributed by atoms with Crippen molar-refractivity contribution in [3.8, 4) is 11.8 Å². The van der Waals surface area contributed by atoms with Gasteiger partial charge in [0.05, 0.1) is 11.8 Å². The van der Waals surface area contributed by atoms with Gasteiger partial charge in [0.2, 0.25) is 23.6 Å². The van der Waals surface area contributed by atoms with Crippen molar-refractivity contribution in [2.75, 3.05) is 6.54 Å². The number of nitrogens with zero attached hydrogens (tertiary/aromatic N) is 1. The van der Waals surface area contributed by atoms with E-state index in [2.05, 4.69) is 17.2 Å². The first-order valence-corrected chi connectivity index (χ1v) is 8.32. The van der Waals surface area contributed by atoms with Crippen LogP contribution >= 0.6 is 0 Å². The predicted octanol–water partition coefficient (Wildman–Crippen LogP) is -0.369. The van der Waals surface area contributed by atoms with Crippen LogP contribution in [0.15, 0.2) is 23.8 Å². The van der Waals surface area contributed by atoms with Crippen LogP contribution in [-0.4, -0.2) is 41.1 Å². The molecule has 0 aromatic heterocycles. The molecule has 2 fully saturated rings. The number of fused-ring (bicyclic) bond motifs is 1. The summed E-state index contributed by atoms with van der Waals surface area (Å²) in [5.41, 5.74) is 6.02. The fourth-order valence-electron chi connectivity index (χ4n) is 3.33. The highest BCUT2D eigenvalue weighted by Crippen LogP contribution is 2.37. The second kappa shape index (κ2) is 7.03. The van der Waals surface area contributed by atoms with Gasteiger partial charge in [-0.05, 0) is 19.4 Å². The van der Waals surface area contributed by atoms with Gasteiger partial charge in [0.15, 0.2) is 0 Å². The summed E-state index contributed by atoms with van der Waals surface area (Å²) in [6.45, 7) is 0.542. The molecule has 130 valence electrons. The van der Waals surface area contributed by atoms with Crippen molar-refractivity contribution in [1.82, 2.24) is 10.2 Å². The molecule has 7 heteroatoms. The van der Waals surface area contributed by atoms with Crippen LogP contribution in [0.5, 0.6) is 0 Å². The van der Waals surface area contributed by atoms with Gasteiger partial charge < -0.3 is 5.73 Å². The minimum Gasteiger partial charge on any atom is -0.330 e. The standard InChI is InChI=1S/C18H19N3O4/c19-10-3-1-2-5-11-6-4-7-12-15(11)18(25)21(17(12)24)13-8-9-14(22)20-16(13)23/h4,6-7,12-13,15H,1,3,8-10,19H2,(H,20,22,23). The third kappa shape index (κ3) is 3.13. The van der Waals surface area contributed by atoms with E-state index in [9.17, 15) is 19.2 Å². The molecule has 0 saturated carbocycles. The maximum Gasteiger partial charge on any atom is 0.249 e. The van der Waals surface area contributed by atoms with E-state index in [4.69, 9.17) is 5.73 Å². The van der Waals surface area contributed by atoms with Gasteiger partial charge in [-0.1, -0.05) is 30.1 Å². The van der Waals surface area contributed by atoms with Crippen molar-refractivity contribution in [3.05, 3.63) is 23.8 Å². The number of carbonyl (C=O) groups is 4. The molecule has 25 heavy (non-hydrogen) atoms. The highest BCUT2D eigenvalue weighted by molar-refractivity contribution is 6.12. The first kappa shape index (κ1) is 17.1. The van der Waals surface area contributed by atoms with Crippen LogP contribution in [-0.2, 0) is 19.2 Å². The predicted molar refractivity (Wildman–Crippen MR) is 88.3 cm³/mol. The molecule has 0 aromatic rings. The van der Waals surface area contributed by atoms with Crippen molar-refractivity contribution in [2.24, 2.45) is 17.6 Å². The number of hydrogen-bond acceptors (Lipinski definition) is 5. The Morgan fingerprint density at radius 1 is 1.24 bits per heavy atom. The van der Waals surface area contributed by atoms with E-state index in [-0.39, 0.29) is 18.7 Å². The Kier molecular flexibility index (Phi) is 4.81. The molecule has 4 amide bonds. The molecule has 1 aliphatic carbocycles. The van der Waals surface area contributed by atoms with E-state index in [0.29, 0.717) is 18.5 Å². The van der Waals surface area contributed by atoms with Crippen LogP contribution in [0, 0.1) is 23.7 Å². The van der Waals surface area contributed by atoms with Crippen molar-refractivity contribution in [1.29, 1.82) is 0 Å². The van der Waals surface area contributed by atoms with Crippen LogP contribution in [0.1, 0.15) is 25.7 Å². The fourth-order valence-corrected chi connectivity index (χ4v) is 3.33. The summed E-state index contributed by atoms with van der Waals surface area (Å²) in [4.78, 5) is 49.9. The lowest BCUT2D eigenvalue weighted by Crippen LogP contribution is -2.54. The molecule has 7 nitrogen and oxygen atoms in total. The van der Waals surface area contributed by atoms with Gasteiger partial charge in [0.25, 0.3) is 0 Å². The quantitative estimate of drug-likeness (QED) is 0.413. The summed E-state index contributed by atoms with van der Waals surface area (Å²) in [6, 6.07) is -0.928. The summed E-state index contributed by atoms with van der Waals surface area (Å²) < 4.78 is 0. The third-order valence-corrected chi connectivity index (χ3v) is 4.57. The second-order valence-electron chi connectivity index (χ2n) is 6.22. The number of amides is 4. The highest BCUT2D eigenvalue weighted by atomic mass is 16.2. The number of rotatable bonds is 3. The fraction of sp³-hybridized carbons (Fsp3) is 0.444. The average Bonchev–Trinajstić information content (AvgIpc) is 2.84. The Balaban J connectivity index is 1.83. The number of hydrogen-bond donors (Lipinski definition) is 2. The highest BCUT2D eigenvalue weighted by Gasteiger charge is 2.52. The molecule has 0 radical (unpaired) electrons. The maximum atomic E-state index is 12.9. The smallest absolute Gasteiger partial charge is 0.249 e. The molecular weight excluding hydrogens is 322 g/mol. The zero-order chi connectivity index (χ0) is 18.0. The molecule has 0 bridgehead atoms. The largest absolute Gasteiger partial charge is 0.330 e. The molecule has 3 atom stereocenters. The van der Waals surface area contributed by atoms with E-state index in [1.807, 2.05) is 0 Å². The number of unbranched alkanes of at least 4 members (excludes halogenated alkanes) is 1. The van der Waals surface area contributed by atoms with E-state index in [1.165, 1.54) is 0 Å². The minimum atomic E-state index is -0.928. The Labute approximate surface area is 145 Å². The summed E-state index contributed by atoms with van der Waals surface area (Å²) >= 11 is 0. The van der Waals surface area contributed by atoms with Gasteiger partial charge in [0.1, 0.15) is 6.04 Å². The van der Waals surface area contributed by atoms with Crippen molar-refractivity contribution in [2.45, 2.75) is 31.7 Å². The third-order valence-electron chi connectivity index (χ3n) is 4.57. The Hall–Kier alpha value is -2.72. The topological polar surface area (TPSA) is 110 Å². The van der Waals surface area contributed by atoms with Gasteiger partial charge in [0, 0.05) is 18.4 Å². The number of nitrogens with one attached hydrogen (secondary N) is 1. The Morgan fingerprint density at radius 2 is 2.04 bits per heavy atom. The normalized spacial score (nSPS) is 28.3. The monoisotopic (exact) mass is 341 g/mol. The number of allylic oxidation sites excluding steroid dienone is 2. The van der Waals surface area contributed by atoms with Gasteiger partial charge in [-0.2, -0.15) is 0 Å². The number of nitrogens with two attached hydrogens (primary N) is 1. The first-order valence-electron chi connectivity index (χ1n) is 8.32. The Morgan fingerprint density at radius 3 is 2.76 bits per heavy atom. The summed E-state index contributed by atoms with van der Waals surface area (Å²) in [6.07, 6.45) is 6.77. The average molecular weight is 341 g/mol. The van der Waals surface area contributed by atoms with Gasteiger partial charge in [-0.15, -0.1) is 0 Å². The molecule has 2 aliphatic heterocycles. The number of piperidine rings is 1. The molecular formula is C18H19N3O4. The molecule has 3 unspecified atom stereocenters. The Bertz CT molecular complexity index is 756. The van der Waals surface area contributed by atoms with E-state index >= 15 is 0 Å². The van der Waals surface area contributed by atoms with Crippen LogP contribution in [0.4, 0.5) is 0 Å². The van der Waals surface area contributed by atoms with E-state index in [0.717, 1.165) is 11.3 Å². The van der Waals surface area contributed by atoms with Gasteiger partial charge in [-0.3, -0.25) is 29.4 Å². The SMILES string of the molecule is NCCCC#CC1=CC=CC2C(=O)N(C3CCC(=O)NC3=O)C(=O)C12. The van der Waals surface area contributed by atoms with Crippen molar-refractivity contribution < 1.29 is 19.2 Å². The van der Waals surface area contributed by atoms with Crippen LogP contribution in [0.2, 0.25) is 0 Å². The van der Waals surface area contributed by atoms with Gasteiger partial charge in [-0.25, -0.2) is 0 Å². The second-order valence-corrected chi connectivity index (χ2v) is 6.22. The zero-order valence-corrected chi connectivity index (χ0v) is 13.7. The van der Waals surface area contributed by atoms with Crippen LogP contribution in [0.3, 0.4) is 0 Å². The lowest BCUT2D eigenvalue weighted by atomic mass is 9.84. The number of imide groups is 2. The molecule has 2 heterocycles. The zero-order valence-electron chi connectivity index (χ0n) is 13.7. The number of likely N-dealkylation sites (tertiary alicyclic amines) is 1. The van der Waals surface area contributed by atoms with Crippen molar-refractivity contribution >= 4 is 23.6 Å². The number of carbonyl (C=O) groups excluding carboxylic acids is 4. The van der Waals surface area contributed by atoms with Crippen LogP contribution in [0.25, 0.3) is 0 Å². The maximum absolute atomic E-state index is 12.9. The molecule has 0 spiro atoms. The molecule has 0 aromatic carbocycles. The summed E-state index contributed by atoms with van der Waals surface area (Å²) in [7, 11) is 0. The lowest BCUT2D eigenvalue weighted by Gasteiger charge is -2.28. The summed E-state index contributed by atoms with van der Waals surface area (Å²) in [5.74, 6) is 2.81. The van der Waals surface area contributed by atoms with Gasteiger partial charge >= 0.3 is 0 Å². The van der Waals surface area contributed by atoms with Crippen LogP contribution < -0.4 is 11.1 Å². The molecule has 3 N–H and O–H groups in total. The van der Waals surface area contributed by atoms with Crippen molar-refractivity contribution in [3.63, 3.8) is 0 Å². The van der Waals surface area contributed by atoms with E-state index in [1.54, 1.807) is 18.2 Å². The minimum absolute atomic E-state index is 0.111. The molecule has 3 aliphatic rings.